The topological polar surface area (TPSA) is 106 Å². The number of amidine groups is 1. The molecule has 0 aromatic heterocycles. The third-order valence-electron chi connectivity index (χ3n) is 6.78. The van der Waals surface area contributed by atoms with Crippen molar-refractivity contribution in [1.29, 1.82) is 0 Å². The van der Waals surface area contributed by atoms with Crippen LogP contribution in [0.1, 0.15) is 51.9 Å². The highest BCUT2D eigenvalue weighted by Crippen LogP contribution is 2.40. The van der Waals surface area contributed by atoms with E-state index in [1.165, 1.54) is 0 Å². The van der Waals surface area contributed by atoms with Crippen LogP contribution in [0.15, 0.2) is 34.0 Å². The van der Waals surface area contributed by atoms with Crippen LogP contribution in [-0.4, -0.2) is 78.6 Å². The molecule has 3 aliphatic heterocycles. The molecule has 8 heteroatoms. The number of nitrogens with zero attached hydrogens (tertiary/aromatic N) is 4. The van der Waals surface area contributed by atoms with Crippen molar-refractivity contribution in [3.8, 4) is 0 Å². The molecule has 4 aliphatic rings. The Kier molecular flexibility index (Phi) is 7.30. The summed E-state index contributed by atoms with van der Waals surface area (Å²) in [5, 5.41) is 10.2. The van der Waals surface area contributed by atoms with E-state index in [9.17, 15) is 0 Å². The SMILES string of the molecule is CC1(OC(C=CC([NH3+])C2=CC(N3CCC(N4CCC=N4)CC3)=NCN2)CCCN)CC1. The molecule has 2 unspecified atom stereocenters. The van der Waals surface area contributed by atoms with E-state index < -0.39 is 0 Å². The van der Waals surface area contributed by atoms with E-state index in [4.69, 9.17) is 15.5 Å². The number of aliphatic imine (C=N–C) groups is 1. The van der Waals surface area contributed by atoms with Gasteiger partial charge in [0, 0.05) is 38.3 Å². The average Bonchev–Trinajstić information content (AvgIpc) is 3.27. The Morgan fingerprint density at radius 2 is 2.13 bits per heavy atom. The number of nitrogens with two attached hydrogens (primary N) is 1. The number of piperidine rings is 1. The highest BCUT2D eigenvalue weighted by atomic mass is 16.5. The zero-order valence-corrected chi connectivity index (χ0v) is 19.0. The van der Waals surface area contributed by atoms with Gasteiger partial charge >= 0.3 is 0 Å². The molecule has 3 heterocycles. The summed E-state index contributed by atoms with van der Waals surface area (Å²) in [5.74, 6) is 1.08. The molecule has 0 amide bonds. The van der Waals surface area contributed by atoms with Gasteiger partial charge in [0.25, 0.3) is 0 Å². The number of likely N-dealkylation sites (tertiary alicyclic amines) is 1. The van der Waals surface area contributed by atoms with Crippen molar-refractivity contribution in [3.05, 3.63) is 23.9 Å². The number of quaternary nitrogens is 1. The Bertz CT molecular complexity index is 719. The first-order chi connectivity index (χ1) is 15.1. The van der Waals surface area contributed by atoms with Gasteiger partial charge in [-0.15, -0.1) is 0 Å². The van der Waals surface area contributed by atoms with Crippen molar-refractivity contribution >= 4 is 12.1 Å². The quantitative estimate of drug-likeness (QED) is 0.470. The molecule has 0 bridgehead atoms. The molecule has 0 spiro atoms. The first-order valence-electron chi connectivity index (χ1n) is 12.0. The van der Waals surface area contributed by atoms with Crippen LogP contribution in [0.5, 0.6) is 0 Å². The van der Waals surface area contributed by atoms with Crippen molar-refractivity contribution < 1.29 is 10.5 Å². The zero-order valence-electron chi connectivity index (χ0n) is 19.0. The molecule has 0 aromatic rings. The summed E-state index contributed by atoms with van der Waals surface area (Å²) >= 11 is 0. The Morgan fingerprint density at radius 1 is 1.32 bits per heavy atom. The van der Waals surface area contributed by atoms with E-state index in [0.29, 0.717) is 19.3 Å². The molecule has 1 aliphatic carbocycles. The van der Waals surface area contributed by atoms with Crippen LogP contribution < -0.4 is 16.8 Å². The fourth-order valence-corrected chi connectivity index (χ4v) is 4.49. The minimum Gasteiger partial charge on any atom is -0.368 e. The molecule has 8 nitrogen and oxygen atoms in total. The van der Waals surface area contributed by atoms with Gasteiger partial charge in [0.1, 0.15) is 18.5 Å². The summed E-state index contributed by atoms with van der Waals surface area (Å²) in [6.45, 7) is 6.65. The van der Waals surface area contributed by atoms with E-state index in [1.807, 2.05) is 6.21 Å². The first-order valence-corrected chi connectivity index (χ1v) is 12.0. The van der Waals surface area contributed by atoms with E-state index in [0.717, 1.165) is 76.1 Å². The fourth-order valence-electron chi connectivity index (χ4n) is 4.49. The smallest absolute Gasteiger partial charge is 0.144 e. The zero-order chi connectivity index (χ0) is 21.7. The lowest BCUT2D eigenvalue weighted by atomic mass is 10.0. The second-order valence-electron chi connectivity index (χ2n) is 9.45. The lowest BCUT2D eigenvalue weighted by molar-refractivity contribution is -0.391. The maximum Gasteiger partial charge on any atom is 0.144 e. The number of hydrogen-bond acceptors (Lipinski definition) is 7. The molecule has 0 aromatic carbocycles. The van der Waals surface area contributed by atoms with Gasteiger partial charge in [-0.3, -0.25) is 5.01 Å². The highest BCUT2D eigenvalue weighted by molar-refractivity contribution is 5.94. The number of nitrogens with one attached hydrogen (secondary N) is 1. The molecular formula is C23H40N7O+. The molecule has 6 N–H and O–H groups in total. The van der Waals surface area contributed by atoms with Gasteiger partial charge in [0.15, 0.2) is 0 Å². The normalized spacial score (nSPS) is 25.4. The van der Waals surface area contributed by atoms with E-state index >= 15 is 0 Å². The van der Waals surface area contributed by atoms with Crippen LogP contribution in [-0.2, 0) is 4.74 Å². The molecule has 1 saturated heterocycles. The molecular weight excluding hydrogens is 390 g/mol. The standard InChI is InChI=1S/C23H39N7O/c1-23(9-10-23)31-19(4-2-11-24)5-6-20(25)21-16-22(27-17-26-21)29-14-7-18(8-15-29)30-13-3-12-28-30/h5-6,12,16,18-20,26H,2-4,7-11,13-15,17,24-25H2,1H3/p+1. The van der Waals surface area contributed by atoms with Crippen molar-refractivity contribution in [2.24, 2.45) is 15.8 Å². The van der Waals surface area contributed by atoms with Crippen molar-refractivity contribution in [2.45, 2.75) is 75.7 Å². The summed E-state index contributed by atoms with van der Waals surface area (Å²) in [7, 11) is 0. The molecule has 2 atom stereocenters. The molecule has 1 saturated carbocycles. The highest BCUT2D eigenvalue weighted by Gasteiger charge is 2.40. The molecule has 2 fully saturated rings. The summed E-state index contributed by atoms with van der Waals surface area (Å²) in [6.07, 6.45) is 16.3. The summed E-state index contributed by atoms with van der Waals surface area (Å²) in [5.41, 5.74) is 11.3. The van der Waals surface area contributed by atoms with Crippen LogP contribution in [0.3, 0.4) is 0 Å². The number of ether oxygens (including phenoxy) is 1. The Balaban J connectivity index is 1.31. The van der Waals surface area contributed by atoms with Gasteiger partial charge in [-0.1, -0.05) is 6.08 Å². The van der Waals surface area contributed by atoms with Gasteiger partial charge in [0.05, 0.1) is 23.4 Å². The maximum atomic E-state index is 6.30. The predicted octanol–water partition coefficient (Wildman–Crippen LogP) is 0.829. The second kappa shape index (κ2) is 10.1. The maximum absolute atomic E-state index is 6.30. The summed E-state index contributed by atoms with van der Waals surface area (Å²) < 4.78 is 6.30. The van der Waals surface area contributed by atoms with Crippen LogP contribution in [0, 0.1) is 0 Å². The Labute approximate surface area is 186 Å². The lowest BCUT2D eigenvalue weighted by Gasteiger charge is -2.37. The van der Waals surface area contributed by atoms with Crippen molar-refractivity contribution in [1.82, 2.24) is 15.2 Å². The van der Waals surface area contributed by atoms with Crippen molar-refractivity contribution in [2.75, 3.05) is 32.8 Å². The molecule has 4 rings (SSSR count). The molecule has 172 valence electrons. The number of rotatable bonds is 9. The Morgan fingerprint density at radius 3 is 2.81 bits per heavy atom. The predicted molar refractivity (Wildman–Crippen MR) is 125 cm³/mol. The molecule has 31 heavy (non-hydrogen) atoms. The van der Waals surface area contributed by atoms with Crippen LogP contribution in [0.4, 0.5) is 0 Å². The second-order valence-corrected chi connectivity index (χ2v) is 9.45. The summed E-state index contributed by atoms with van der Waals surface area (Å²) in [6, 6.07) is 0.626. The molecule has 0 radical (unpaired) electrons. The minimum absolute atomic E-state index is 0.0537. The third kappa shape index (κ3) is 6.08. The third-order valence-corrected chi connectivity index (χ3v) is 6.78. The van der Waals surface area contributed by atoms with E-state index in [2.05, 4.69) is 51.2 Å². The fraction of sp³-hybridized carbons (Fsp3) is 0.739. The lowest BCUT2D eigenvalue weighted by Crippen LogP contribution is -2.63. The van der Waals surface area contributed by atoms with Crippen LogP contribution in [0.2, 0.25) is 0 Å². The number of hydrazone groups is 1. The van der Waals surface area contributed by atoms with Crippen LogP contribution in [0.25, 0.3) is 0 Å². The van der Waals surface area contributed by atoms with Gasteiger partial charge < -0.3 is 26.4 Å². The number of hydrogen-bond donors (Lipinski definition) is 3. The minimum atomic E-state index is 0.0537. The van der Waals surface area contributed by atoms with Gasteiger partial charge in [-0.05, 0) is 58.1 Å². The average molecular weight is 431 g/mol. The van der Waals surface area contributed by atoms with E-state index in [1.54, 1.807) is 0 Å². The van der Waals surface area contributed by atoms with Crippen molar-refractivity contribution in [3.63, 3.8) is 0 Å². The van der Waals surface area contributed by atoms with Gasteiger partial charge in [-0.2, -0.15) is 5.10 Å². The van der Waals surface area contributed by atoms with Gasteiger partial charge in [-0.25, -0.2) is 4.99 Å². The first kappa shape index (κ1) is 22.3. The van der Waals surface area contributed by atoms with Gasteiger partial charge in [0.2, 0.25) is 0 Å². The monoisotopic (exact) mass is 430 g/mol. The largest absolute Gasteiger partial charge is 0.368 e. The van der Waals surface area contributed by atoms with Crippen LogP contribution >= 0.6 is 0 Å². The summed E-state index contributed by atoms with van der Waals surface area (Å²) in [4.78, 5) is 7.13. The van der Waals surface area contributed by atoms with E-state index in [-0.39, 0.29) is 17.7 Å². The Hall–Kier alpha value is -1.90.